The van der Waals surface area contributed by atoms with Crippen molar-refractivity contribution in [3.05, 3.63) is 21.9 Å². The van der Waals surface area contributed by atoms with Crippen molar-refractivity contribution in [2.45, 2.75) is 45.2 Å². The zero-order valence-electron chi connectivity index (χ0n) is 11.9. The Balaban J connectivity index is 1.94. The summed E-state index contributed by atoms with van der Waals surface area (Å²) in [7, 11) is 2.24. The summed E-state index contributed by atoms with van der Waals surface area (Å²) in [6.45, 7) is 3.33. The highest BCUT2D eigenvalue weighted by Gasteiger charge is 2.24. The van der Waals surface area contributed by atoms with E-state index in [0.29, 0.717) is 0 Å². The summed E-state index contributed by atoms with van der Waals surface area (Å²) in [6, 6.07) is 4.94. The molecule has 0 aliphatic heterocycles. The van der Waals surface area contributed by atoms with E-state index in [0.717, 1.165) is 23.4 Å². The summed E-state index contributed by atoms with van der Waals surface area (Å²) >= 11 is 1.74. The summed E-state index contributed by atoms with van der Waals surface area (Å²) in [6.07, 6.45) is 5.47. The molecule has 1 aromatic rings. The predicted octanol–water partition coefficient (Wildman–Crippen LogP) is 3.10. The standard InChI is InChI=1S/C16H23NOS/c1-13-6-3-4-8-16(13)17(2)12-15-10-9-14(19-15)7-5-11-18/h9-10,13,16,18H,3-4,6,8,11-12H2,1-2H3. The van der Waals surface area contributed by atoms with Gasteiger partial charge in [0.15, 0.2) is 0 Å². The fourth-order valence-corrected chi connectivity index (χ4v) is 3.92. The second-order valence-electron chi connectivity index (χ2n) is 5.47. The first kappa shape index (κ1) is 14.6. The van der Waals surface area contributed by atoms with Crippen LogP contribution in [0.25, 0.3) is 0 Å². The van der Waals surface area contributed by atoms with Gasteiger partial charge in [0, 0.05) is 17.5 Å². The van der Waals surface area contributed by atoms with Crippen LogP contribution >= 0.6 is 11.3 Å². The van der Waals surface area contributed by atoms with Crippen LogP contribution in [0, 0.1) is 17.8 Å². The van der Waals surface area contributed by atoms with Gasteiger partial charge in [-0.1, -0.05) is 31.6 Å². The molecule has 0 radical (unpaired) electrons. The smallest absolute Gasteiger partial charge is 0.104 e. The lowest BCUT2D eigenvalue weighted by Gasteiger charge is -2.36. The van der Waals surface area contributed by atoms with Crippen LogP contribution < -0.4 is 0 Å². The van der Waals surface area contributed by atoms with Gasteiger partial charge in [0.05, 0.1) is 4.88 Å². The van der Waals surface area contributed by atoms with Crippen LogP contribution in [0.15, 0.2) is 12.1 Å². The molecule has 0 amide bonds. The highest BCUT2D eigenvalue weighted by atomic mass is 32.1. The number of hydrogen-bond donors (Lipinski definition) is 1. The monoisotopic (exact) mass is 277 g/mol. The third kappa shape index (κ3) is 4.07. The number of nitrogens with zero attached hydrogens (tertiary/aromatic N) is 1. The van der Waals surface area contributed by atoms with Crippen molar-refractivity contribution < 1.29 is 5.11 Å². The average molecular weight is 277 g/mol. The number of thiophene rings is 1. The van der Waals surface area contributed by atoms with Crippen molar-refractivity contribution in [1.82, 2.24) is 4.90 Å². The normalized spacial score (nSPS) is 23.2. The minimum atomic E-state index is -0.0628. The first-order valence-electron chi connectivity index (χ1n) is 7.09. The number of rotatable bonds is 3. The molecule has 1 saturated carbocycles. The SMILES string of the molecule is CC1CCCCC1N(C)Cc1ccc(C#CCO)s1. The van der Waals surface area contributed by atoms with E-state index >= 15 is 0 Å². The molecule has 1 heterocycles. The highest BCUT2D eigenvalue weighted by Crippen LogP contribution is 2.29. The molecule has 0 aromatic carbocycles. The van der Waals surface area contributed by atoms with E-state index in [-0.39, 0.29) is 6.61 Å². The van der Waals surface area contributed by atoms with E-state index in [2.05, 4.69) is 42.8 Å². The lowest BCUT2D eigenvalue weighted by molar-refractivity contribution is 0.134. The van der Waals surface area contributed by atoms with Crippen LogP contribution in [0.1, 0.15) is 42.4 Å². The van der Waals surface area contributed by atoms with Crippen LogP contribution in [0.2, 0.25) is 0 Å². The molecule has 3 heteroatoms. The summed E-state index contributed by atoms with van der Waals surface area (Å²) in [5.74, 6) is 6.49. The first-order valence-corrected chi connectivity index (χ1v) is 7.91. The Labute approximate surface area is 120 Å². The van der Waals surface area contributed by atoms with Crippen molar-refractivity contribution in [1.29, 1.82) is 0 Å². The summed E-state index contributed by atoms with van der Waals surface area (Å²) in [5.41, 5.74) is 0. The van der Waals surface area contributed by atoms with E-state index < -0.39 is 0 Å². The molecule has 1 N–H and O–H groups in total. The Bertz CT molecular complexity index is 457. The van der Waals surface area contributed by atoms with Crippen molar-refractivity contribution in [2.75, 3.05) is 13.7 Å². The predicted molar refractivity (Wildman–Crippen MR) is 81.2 cm³/mol. The number of hydrogen-bond acceptors (Lipinski definition) is 3. The van der Waals surface area contributed by atoms with Gasteiger partial charge < -0.3 is 5.11 Å². The van der Waals surface area contributed by atoms with Crippen LogP contribution in [0.3, 0.4) is 0 Å². The molecule has 104 valence electrons. The molecule has 1 aliphatic carbocycles. The molecule has 1 fully saturated rings. The zero-order valence-corrected chi connectivity index (χ0v) is 12.7. The molecule has 0 spiro atoms. The Morgan fingerprint density at radius 3 is 2.89 bits per heavy atom. The van der Waals surface area contributed by atoms with Gasteiger partial charge >= 0.3 is 0 Å². The van der Waals surface area contributed by atoms with E-state index in [1.807, 2.05) is 0 Å². The van der Waals surface area contributed by atoms with E-state index in [1.54, 1.807) is 11.3 Å². The quantitative estimate of drug-likeness (QED) is 0.858. The Morgan fingerprint density at radius 1 is 1.37 bits per heavy atom. The lowest BCUT2D eigenvalue weighted by Crippen LogP contribution is -2.38. The van der Waals surface area contributed by atoms with Gasteiger partial charge in [-0.25, -0.2) is 0 Å². The van der Waals surface area contributed by atoms with Crippen molar-refractivity contribution in [3.63, 3.8) is 0 Å². The van der Waals surface area contributed by atoms with Gasteiger partial charge in [0.25, 0.3) is 0 Å². The molecule has 1 aliphatic rings. The molecule has 2 rings (SSSR count). The van der Waals surface area contributed by atoms with E-state index in [9.17, 15) is 0 Å². The third-order valence-electron chi connectivity index (χ3n) is 3.99. The molecule has 1 aromatic heterocycles. The fourth-order valence-electron chi connectivity index (χ4n) is 2.97. The molecule has 2 nitrogen and oxygen atoms in total. The van der Waals surface area contributed by atoms with Gasteiger partial charge in [-0.05, 0) is 37.9 Å². The van der Waals surface area contributed by atoms with Gasteiger partial charge in [-0.2, -0.15) is 0 Å². The van der Waals surface area contributed by atoms with Crippen LogP contribution in [0.5, 0.6) is 0 Å². The molecule has 2 unspecified atom stereocenters. The van der Waals surface area contributed by atoms with E-state index in [4.69, 9.17) is 5.11 Å². The van der Waals surface area contributed by atoms with Gasteiger partial charge in [0.1, 0.15) is 6.61 Å². The summed E-state index contributed by atoms with van der Waals surface area (Å²) < 4.78 is 0. The molecular weight excluding hydrogens is 254 g/mol. The van der Waals surface area contributed by atoms with Crippen molar-refractivity contribution in [2.24, 2.45) is 5.92 Å². The molecule has 0 saturated heterocycles. The van der Waals surface area contributed by atoms with Gasteiger partial charge in [-0.15, -0.1) is 11.3 Å². The average Bonchev–Trinajstić information content (AvgIpc) is 2.84. The second kappa shape index (κ2) is 7.09. The van der Waals surface area contributed by atoms with E-state index in [1.165, 1.54) is 30.6 Å². The minimum absolute atomic E-state index is 0.0628. The van der Waals surface area contributed by atoms with Crippen LogP contribution in [-0.2, 0) is 6.54 Å². The highest BCUT2D eigenvalue weighted by molar-refractivity contribution is 7.12. The summed E-state index contributed by atoms with van der Waals surface area (Å²) in [5, 5.41) is 8.70. The maximum atomic E-state index is 8.70. The fraction of sp³-hybridized carbons (Fsp3) is 0.625. The third-order valence-corrected chi connectivity index (χ3v) is 4.98. The van der Waals surface area contributed by atoms with Crippen LogP contribution in [-0.4, -0.2) is 29.7 Å². The second-order valence-corrected chi connectivity index (χ2v) is 6.64. The molecule has 2 atom stereocenters. The van der Waals surface area contributed by atoms with Crippen LogP contribution in [0.4, 0.5) is 0 Å². The molecule has 0 bridgehead atoms. The Hall–Kier alpha value is -0.820. The summed E-state index contributed by atoms with van der Waals surface area (Å²) in [4.78, 5) is 4.91. The van der Waals surface area contributed by atoms with Crippen molar-refractivity contribution >= 4 is 11.3 Å². The van der Waals surface area contributed by atoms with Gasteiger partial charge in [0.2, 0.25) is 0 Å². The number of aliphatic hydroxyl groups excluding tert-OH is 1. The maximum Gasteiger partial charge on any atom is 0.104 e. The zero-order chi connectivity index (χ0) is 13.7. The largest absolute Gasteiger partial charge is 0.384 e. The minimum Gasteiger partial charge on any atom is -0.384 e. The van der Waals surface area contributed by atoms with Gasteiger partial charge in [-0.3, -0.25) is 4.90 Å². The Morgan fingerprint density at radius 2 is 2.16 bits per heavy atom. The van der Waals surface area contributed by atoms with Crippen molar-refractivity contribution in [3.8, 4) is 11.8 Å². The number of aliphatic hydroxyl groups is 1. The Kier molecular flexibility index (Phi) is 5.45. The topological polar surface area (TPSA) is 23.5 Å². The maximum absolute atomic E-state index is 8.70. The lowest BCUT2D eigenvalue weighted by atomic mass is 9.85. The molecular formula is C16H23NOS. The molecule has 19 heavy (non-hydrogen) atoms. The first-order chi connectivity index (χ1) is 9.20.